The summed E-state index contributed by atoms with van der Waals surface area (Å²) in [6.07, 6.45) is 0. The number of hydrogen-bond acceptors (Lipinski definition) is 4. The fourth-order valence-electron chi connectivity index (χ4n) is 15.9. The standard InChI is InChI=1S/C89H53N3OS/c1-4-21-54(22-5-1)58-41-45-79-73(51-58)83-65(33-20-39-80(83)92(79)64-43-44-69-68-31-12-16-38-77(68)89(78(69)53-64)75-36-14-10-29-66(75)67-30-11-15-37-76(67)89)60-28-18-27-57(47-60)59-42-46-82-74(52-59)85-87(94-82)84(90-88(91-85)72-35-19-34-71-70-32-13-17-40-81(70)93-86(71)72)63-49-61(55-23-6-2-7-24-55)48-62(50-63)56-25-8-3-9-26-56/h1-53H. The van der Waals surface area contributed by atoms with Crippen LogP contribution in [0, 0.1) is 0 Å². The topological polar surface area (TPSA) is 43.9 Å². The van der Waals surface area contributed by atoms with Crippen molar-refractivity contribution in [2.24, 2.45) is 0 Å². The Kier molecular flexibility index (Phi) is 11.5. The number of fused-ring (bicyclic) bond motifs is 19. The molecule has 94 heavy (non-hydrogen) atoms. The van der Waals surface area contributed by atoms with Gasteiger partial charge in [0.05, 0.1) is 37.9 Å². The first-order valence-corrected chi connectivity index (χ1v) is 33.0. The minimum Gasteiger partial charge on any atom is -0.455 e. The van der Waals surface area contributed by atoms with Crippen LogP contribution in [0.5, 0.6) is 0 Å². The molecule has 0 bridgehead atoms. The Bertz CT molecular complexity index is 6050. The quantitative estimate of drug-likeness (QED) is 0.152. The summed E-state index contributed by atoms with van der Waals surface area (Å²) in [6, 6.07) is 118. The van der Waals surface area contributed by atoms with E-state index in [4.69, 9.17) is 14.4 Å². The first-order valence-electron chi connectivity index (χ1n) is 32.2. The fraction of sp³-hybridized carbons (Fsp3) is 0.0112. The van der Waals surface area contributed by atoms with E-state index in [9.17, 15) is 0 Å². The maximum atomic E-state index is 6.73. The van der Waals surface area contributed by atoms with E-state index in [0.29, 0.717) is 5.82 Å². The zero-order valence-electron chi connectivity index (χ0n) is 50.8. The number of thiophene rings is 1. The number of rotatable bonds is 8. The van der Waals surface area contributed by atoms with Gasteiger partial charge in [-0.05, 0) is 179 Å². The second-order valence-electron chi connectivity index (χ2n) is 25.0. The first-order chi connectivity index (χ1) is 46.6. The molecule has 20 rings (SSSR count). The van der Waals surface area contributed by atoms with E-state index in [2.05, 4.69) is 314 Å². The van der Waals surface area contributed by atoms with Gasteiger partial charge in [-0.25, -0.2) is 9.97 Å². The van der Waals surface area contributed by atoms with Crippen LogP contribution in [-0.4, -0.2) is 14.5 Å². The second kappa shape index (κ2) is 20.5. The van der Waals surface area contributed by atoms with Crippen LogP contribution in [0.25, 0.3) is 170 Å². The molecule has 0 saturated carbocycles. The van der Waals surface area contributed by atoms with E-state index in [1.54, 1.807) is 11.3 Å². The van der Waals surface area contributed by atoms with Crippen LogP contribution in [0.3, 0.4) is 0 Å². The minimum atomic E-state index is -0.471. The lowest BCUT2D eigenvalue weighted by Crippen LogP contribution is -2.26. The summed E-state index contributed by atoms with van der Waals surface area (Å²) >= 11 is 1.76. The van der Waals surface area contributed by atoms with Gasteiger partial charge >= 0.3 is 0 Å². The van der Waals surface area contributed by atoms with Crippen LogP contribution >= 0.6 is 11.3 Å². The summed E-state index contributed by atoms with van der Waals surface area (Å²) in [5, 5.41) is 5.60. The van der Waals surface area contributed by atoms with Gasteiger partial charge < -0.3 is 8.98 Å². The smallest absolute Gasteiger partial charge is 0.164 e. The van der Waals surface area contributed by atoms with Crippen molar-refractivity contribution in [2.45, 2.75) is 5.41 Å². The molecule has 0 aliphatic heterocycles. The van der Waals surface area contributed by atoms with Crippen molar-refractivity contribution in [3.05, 3.63) is 344 Å². The highest BCUT2D eigenvalue weighted by Crippen LogP contribution is 2.63. The molecule has 436 valence electrons. The molecule has 0 radical (unpaired) electrons. The average molecular weight is 1210 g/mol. The normalized spacial score (nSPS) is 12.8. The van der Waals surface area contributed by atoms with Crippen molar-refractivity contribution in [3.63, 3.8) is 0 Å². The molecule has 0 N–H and O–H groups in total. The SMILES string of the molecule is c1ccc(-c2cc(-c3ccccc3)cc(-c3nc(-c4cccc5c4oc4ccccc45)nc4c3sc3ccc(-c5cccc(-c6cccc7c6c6cc(-c8ccccc8)ccc6n7-c6ccc7c(c6)C6(c8ccccc8-c8ccccc86)c6ccccc6-7)c5)cc34)c2)cc1. The first kappa shape index (κ1) is 52.7. The van der Waals surface area contributed by atoms with Crippen molar-refractivity contribution in [3.8, 4) is 106 Å². The van der Waals surface area contributed by atoms with Gasteiger partial charge in [0.1, 0.15) is 11.2 Å². The number of benzene rings is 14. The average Bonchev–Trinajstić information content (AvgIpc) is 1.51. The van der Waals surface area contributed by atoms with Crippen LogP contribution in [-0.2, 0) is 5.41 Å². The van der Waals surface area contributed by atoms with Crippen LogP contribution < -0.4 is 0 Å². The summed E-state index contributed by atoms with van der Waals surface area (Å²) in [7, 11) is 0. The molecule has 4 aromatic heterocycles. The van der Waals surface area contributed by atoms with E-state index in [1.165, 1.54) is 72.0 Å². The summed E-state index contributed by atoms with van der Waals surface area (Å²) in [5.41, 5.74) is 30.2. The lowest BCUT2D eigenvalue weighted by Gasteiger charge is -2.30. The highest BCUT2D eigenvalue weighted by Gasteiger charge is 2.51. The summed E-state index contributed by atoms with van der Waals surface area (Å²) in [4.78, 5) is 11.3. The summed E-state index contributed by atoms with van der Waals surface area (Å²) < 4.78 is 11.4. The zero-order chi connectivity index (χ0) is 61.6. The largest absolute Gasteiger partial charge is 0.455 e. The highest BCUT2D eigenvalue weighted by molar-refractivity contribution is 7.26. The number of aromatic nitrogens is 3. The number of hydrogen-bond donors (Lipinski definition) is 0. The van der Waals surface area contributed by atoms with Crippen molar-refractivity contribution in [1.29, 1.82) is 0 Å². The maximum absolute atomic E-state index is 6.73. The summed E-state index contributed by atoms with van der Waals surface area (Å²) in [6.45, 7) is 0. The van der Waals surface area contributed by atoms with Crippen molar-refractivity contribution in [2.75, 3.05) is 0 Å². The van der Waals surface area contributed by atoms with Gasteiger partial charge in [-0.3, -0.25) is 0 Å². The molecule has 2 aliphatic rings. The molecule has 4 heterocycles. The predicted molar refractivity (Wildman–Crippen MR) is 391 cm³/mol. The molecule has 2 aliphatic carbocycles. The molecule has 0 saturated heterocycles. The molecule has 1 spiro atoms. The van der Waals surface area contributed by atoms with Crippen molar-refractivity contribution in [1.82, 2.24) is 14.5 Å². The monoisotopic (exact) mass is 1210 g/mol. The van der Waals surface area contributed by atoms with E-state index < -0.39 is 5.41 Å². The lowest BCUT2D eigenvalue weighted by molar-refractivity contribution is 0.669. The Morgan fingerprint density at radius 3 is 1.53 bits per heavy atom. The molecule has 0 unspecified atom stereocenters. The lowest BCUT2D eigenvalue weighted by atomic mass is 9.70. The molecule has 0 amide bonds. The molecular weight excluding hydrogens is 1160 g/mol. The molecular formula is C89H53N3OS. The van der Waals surface area contributed by atoms with Crippen molar-refractivity contribution < 1.29 is 4.42 Å². The van der Waals surface area contributed by atoms with Gasteiger partial charge in [0.2, 0.25) is 0 Å². The maximum Gasteiger partial charge on any atom is 0.164 e. The Morgan fingerprint density at radius 1 is 0.309 bits per heavy atom. The Morgan fingerprint density at radius 2 is 0.819 bits per heavy atom. The van der Waals surface area contributed by atoms with Gasteiger partial charge in [0.25, 0.3) is 0 Å². The van der Waals surface area contributed by atoms with Crippen LogP contribution in [0.4, 0.5) is 0 Å². The zero-order valence-corrected chi connectivity index (χ0v) is 51.6. The van der Waals surface area contributed by atoms with Crippen LogP contribution in [0.1, 0.15) is 22.3 Å². The van der Waals surface area contributed by atoms with Gasteiger partial charge in [-0.1, -0.05) is 243 Å². The van der Waals surface area contributed by atoms with Crippen LogP contribution in [0.15, 0.2) is 326 Å². The van der Waals surface area contributed by atoms with Gasteiger partial charge in [-0.2, -0.15) is 0 Å². The van der Waals surface area contributed by atoms with Crippen LogP contribution in [0.2, 0.25) is 0 Å². The third kappa shape index (κ3) is 7.80. The third-order valence-electron chi connectivity index (χ3n) is 20.0. The number of nitrogens with zero attached hydrogens (tertiary/aromatic N) is 3. The molecule has 18 aromatic rings. The molecule has 5 heteroatoms. The van der Waals surface area contributed by atoms with Crippen molar-refractivity contribution >= 4 is 75.4 Å². The van der Waals surface area contributed by atoms with Gasteiger partial charge in [0.15, 0.2) is 5.82 Å². The molecule has 0 atom stereocenters. The Hall–Kier alpha value is -12.0. The van der Waals surface area contributed by atoms with E-state index in [1.807, 2.05) is 12.1 Å². The number of para-hydroxylation sites is 2. The molecule has 0 fully saturated rings. The highest BCUT2D eigenvalue weighted by atomic mass is 32.1. The fourth-order valence-corrected chi connectivity index (χ4v) is 17.0. The Labute approximate surface area is 546 Å². The predicted octanol–water partition coefficient (Wildman–Crippen LogP) is 23.9. The van der Waals surface area contributed by atoms with E-state index >= 15 is 0 Å². The second-order valence-corrected chi connectivity index (χ2v) is 26.1. The third-order valence-corrected chi connectivity index (χ3v) is 21.2. The van der Waals surface area contributed by atoms with Gasteiger partial charge in [0, 0.05) is 42.9 Å². The Balaban J connectivity index is 0.773. The molecule has 4 nitrogen and oxygen atoms in total. The number of furan rings is 1. The van der Waals surface area contributed by atoms with E-state index in [-0.39, 0.29) is 0 Å². The van der Waals surface area contributed by atoms with E-state index in [0.717, 1.165) is 115 Å². The molecule has 14 aromatic carbocycles. The summed E-state index contributed by atoms with van der Waals surface area (Å²) in [5.74, 6) is 0.618. The minimum absolute atomic E-state index is 0.471. The van der Waals surface area contributed by atoms with Gasteiger partial charge in [-0.15, -0.1) is 11.3 Å².